The van der Waals surface area contributed by atoms with Crippen molar-refractivity contribution in [3.05, 3.63) is 30.3 Å². The van der Waals surface area contributed by atoms with E-state index < -0.39 is 21.6 Å². The van der Waals surface area contributed by atoms with Gasteiger partial charge in [0.05, 0.1) is 23.7 Å². The Bertz CT molecular complexity index is 1150. The van der Waals surface area contributed by atoms with Gasteiger partial charge in [0.15, 0.2) is 15.6 Å². The molecule has 0 radical (unpaired) electrons. The fraction of sp³-hybridized carbons (Fsp3) is 0.788. The Balaban J connectivity index is 1.22. The minimum absolute atomic E-state index is 0.139. The van der Waals surface area contributed by atoms with Crippen LogP contribution in [0.25, 0.3) is 0 Å². The molecular formula is C33H50O6S. The average molecular weight is 575 g/mol. The van der Waals surface area contributed by atoms with Gasteiger partial charge in [-0.15, -0.1) is 0 Å². The summed E-state index contributed by atoms with van der Waals surface area (Å²) in [6, 6.07) is 8.04. The van der Waals surface area contributed by atoms with Crippen molar-refractivity contribution in [2.24, 2.45) is 52.3 Å². The van der Waals surface area contributed by atoms with E-state index in [9.17, 15) is 23.4 Å². The van der Waals surface area contributed by atoms with Gasteiger partial charge in [-0.05, 0) is 116 Å². The van der Waals surface area contributed by atoms with E-state index in [2.05, 4.69) is 27.7 Å². The summed E-state index contributed by atoms with van der Waals surface area (Å²) >= 11 is 0. The second kappa shape index (κ2) is 11.3. The van der Waals surface area contributed by atoms with E-state index in [0.29, 0.717) is 35.5 Å². The maximum Gasteiger partial charge on any atom is 0.321 e. The summed E-state index contributed by atoms with van der Waals surface area (Å²) in [5.41, 5.74) is 0.348. The number of carbonyl (C=O) groups excluding carboxylic acids is 1. The normalized spacial score (nSPS) is 41.9. The van der Waals surface area contributed by atoms with E-state index in [-0.39, 0.29) is 40.5 Å². The van der Waals surface area contributed by atoms with Gasteiger partial charge in [0, 0.05) is 0 Å². The number of carbonyl (C=O) groups is 1. The minimum atomic E-state index is -3.70. The Kier molecular flexibility index (Phi) is 8.51. The Morgan fingerprint density at radius 3 is 2.38 bits per heavy atom. The molecule has 0 unspecified atom stereocenters. The molecule has 0 saturated heterocycles. The predicted octanol–water partition coefficient (Wildman–Crippen LogP) is 5.66. The number of fused-ring (bicyclic) bond motifs is 5. The SMILES string of the molecule is CC[C@H]1[C@@H](O)[C@@H]2[C@H](CC[C@]3(C)[C@@H]([C@H](C)CCOC(=O)CS(=O)(=O)c4ccccc4)CC[C@@H]23)[C@@]2(C)CC[C@@H](O)C[C@@H]12. The molecule has 11 atom stereocenters. The van der Waals surface area contributed by atoms with Crippen LogP contribution in [-0.2, 0) is 19.4 Å². The lowest BCUT2D eigenvalue weighted by Crippen LogP contribution is -2.62. The number of aliphatic hydroxyl groups excluding tert-OH is 2. The molecule has 4 saturated carbocycles. The highest BCUT2D eigenvalue weighted by Gasteiger charge is 2.64. The highest BCUT2D eigenvalue weighted by atomic mass is 32.2. The van der Waals surface area contributed by atoms with Crippen molar-refractivity contribution in [2.45, 2.75) is 103 Å². The van der Waals surface area contributed by atoms with Crippen molar-refractivity contribution >= 4 is 15.8 Å². The first-order valence-electron chi connectivity index (χ1n) is 15.7. The number of rotatable bonds is 8. The van der Waals surface area contributed by atoms with Gasteiger partial charge >= 0.3 is 5.97 Å². The number of benzene rings is 1. The predicted molar refractivity (Wildman–Crippen MR) is 155 cm³/mol. The third-order valence-corrected chi connectivity index (χ3v) is 14.0. The van der Waals surface area contributed by atoms with Crippen LogP contribution in [0.5, 0.6) is 0 Å². The van der Waals surface area contributed by atoms with Crippen molar-refractivity contribution in [3.8, 4) is 0 Å². The Morgan fingerprint density at radius 2 is 1.68 bits per heavy atom. The van der Waals surface area contributed by atoms with Gasteiger partial charge in [0.2, 0.25) is 0 Å². The summed E-state index contributed by atoms with van der Waals surface area (Å²) in [6.45, 7) is 9.62. The van der Waals surface area contributed by atoms with E-state index in [4.69, 9.17) is 4.74 Å². The van der Waals surface area contributed by atoms with Gasteiger partial charge in [-0.25, -0.2) is 8.42 Å². The monoisotopic (exact) mass is 574 g/mol. The number of hydrogen-bond donors (Lipinski definition) is 2. The van der Waals surface area contributed by atoms with Gasteiger partial charge in [-0.3, -0.25) is 4.79 Å². The Morgan fingerprint density at radius 1 is 1.00 bits per heavy atom. The molecule has 0 bridgehead atoms. The largest absolute Gasteiger partial charge is 0.465 e. The van der Waals surface area contributed by atoms with E-state index in [1.54, 1.807) is 18.2 Å². The summed E-state index contributed by atoms with van der Waals surface area (Å²) in [5, 5.41) is 22.4. The third-order valence-electron chi connectivity index (χ3n) is 12.4. The molecule has 0 spiro atoms. The Hall–Kier alpha value is -1.44. The van der Waals surface area contributed by atoms with Crippen LogP contribution in [0, 0.1) is 52.3 Å². The zero-order valence-electron chi connectivity index (χ0n) is 24.8. The molecule has 4 aliphatic carbocycles. The zero-order chi connectivity index (χ0) is 28.9. The first-order chi connectivity index (χ1) is 18.9. The summed E-state index contributed by atoms with van der Waals surface area (Å²) in [6.07, 6.45) is 8.51. The maximum atomic E-state index is 12.5. The highest BCUT2D eigenvalue weighted by molar-refractivity contribution is 7.92. The molecule has 0 amide bonds. The fourth-order valence-electron chi connectivity index (χ4n) is 10.4. The van der Waals surface area contributed by atoms with E-state index in [0.717, 1.165) is 57.8 Å². The minimum Gasteiger partial charge on any atom is -0.465 e. The van der Waals surface area contributed by atoms with Gasteiger partial charge < -0.3 is 14.9 Å². The van der Waals surface area contributed by atoms with Crippen LogP contribution in [0.15, 0.2) is 35.2 Å². The van der Waals surface area contributed by atoms with Gasteiger partial charge in [-0.2, -0.15) is 0 Å². The number of sulfone groups is 1. The van der Waals surface area contributed by atoms with E-state index in [1.165, 1.54) is 12.1 Å². The molecule has 1 aromatic carbocycles. The number of aliphatic hydroxyl groups is 2. The van der Waals surface area contributed by atoms with Crippen molar-refractivity contribution in [2.75, 3.05) is 12.4 Å². The number of ether oxygens (including phenoxy) is 1. The zero-order valence-corrected chi connectivity index (χ0v) is 25.6. The first kappa shape index (κ1) is 30.0. The Labute approximate surface area is 241 Å². The van der Waals surface area contributed by atoms with Crippen LogP contribution < -0.4 is 0 Å². The van der Waals surface area contributed by atoms with Crippen LogP contribution in [0.4, 0.5) is 0 Å². The van der Waals surface area contributed by atoms with Crippen LogP contribution in [0.2, 0.25) is 0 Å². The van der Waals surface area contributed by atoms with Crippen LogP contribution in [0.3, 0.4) is 0 Å². The summed E-state index contributed by atoms with van der Waals surface area (Å²) in [7, 11) is -3.70. The topological polar surface area (TPSA) is 101 Å². The molecular weight excluding hydrogens is 524 g/mol. The third kappa shape index (κ3) is 5.17. The first-order valence-corrected chi connectivity index (χ1v) is 17.4. The average Bonchev–Trinajstić information content (AvgIpc) is 3.27. The second-order valence-corrected chi connectivity index (χ2v) is 16.2. The molecule has 6 nitrogen and oxygen atoms in total. The maximum absolute atomic E-state index is 12.5. The second-order valence-electron chi connectivity index (χ2n) is 14.2. The lowest BCUT2D eigenvalue weighted by Gasteiger charge is -2.64. The number of esters is 1. The quantitative estimate of drug-likeness (QED) is 0.389. The molecule has 40 heavy (non-hydrogen) atoms. The van der Waals surface area contributed by atoms with Gasteiger partial charge in [-0.1, -0.05) is 52.3 Å². The number of hydrogen-bond acceptors (Lipinski definition) is 6. The van der Waals surface area contributed by atoms with Crippen LogP contribution >= 0.6 is 0 Å². The molecule has 2 N–H and O–H groups in total. The summed E-state index contributed by atoms with van der Waals surface area (Å²) < 4.78 is 30.5. The molecule has 7 heteroatoms. The molecule has 4 fully saturated rings. The van der Waals surface area contributed by atoms with Crippen molar-refractivity contribution in [3.63, 3.8) is 0 Å². The molecule has 5 rings (SSSR count). The van der Waals surface area contributed by atoms with Crippen LogP contribution in [-0.4, -0.2) is 49.2 Å². The summed E-state index contributed by atoms with van der Waals surface area (Å²) in [5.74, 6) is 1.50. The van der Waals surface area contributed by atoms with Gasteiger partial charge in [0.25, 0.3) is 0 Å². The van der Waals surface area contributed by atoms with E-state index in [1.807, 2.05) is 0 Å². The van der Waals surface area contributed by atoms with Crippen molar-refractivity contribution in [1.82, 2.24) is 0 Å². The van der Waals surface area contributed by atoms with Crippen molar-refractivity contribution in [1.29, 1.82) is 0 Å². The molecule has 0 heterocycles. The molecule has 0 aromatic heterocycles. The standard InChI is InChI=1S/C33H50O6S/c1-5-24-28-19-22(34)13-16-33(28,4)27-14-17-32(3)25(11-12-26(32)30(27)31(24)36)21(2)15-18-39-29(35)20-40(37,38)23-9-7-6-8-10-23/h6-10,21-22,24-28,30-31,34,36H,5,11-20H2,1-4H3/t21-,22-,24-,25-,26+,27+,28+,30+,31-,32-,33-/m1/s1. The van der Waals surface area contributed by atoms with E-state index >= 15 is 0 Å². The van der Waals surface area contributed by atoms with Gasteiger partial charge in [0.1, 0.15) is 0 Å². The fourth-order valence-corrected chi connectivity index (χ4v) is 11.5. The molecule has 0 aliphatic heterocycles. The molecule has 4 aliphatic rings. The molecule has 224 valence electrons. The smallest absolute Gasteiger partial charge is 0.321 e. The molecule has 1 aromatic rings. The van der Waals surface area contributed by atoms with Crippen LogP contribution in [0.1, 0.15) is 85.5 Å². The van der Waals surface area contributed by atoms with Crippen molar-refractivity contribution < 1.29 is 28.2 Å². The lowest BCUT2D eigenvalue weighted by atomic mass is 9.41. The lowest BCUT2D eigenvalue weighted by molar-refractivity contribution is -0.203. The highest BCUT2D eigenvalue weighted by Crippen LogP contribution is 2.69. The summed E-state index contributed by atoms with van der Waals surface area (Å²) in [4.78, 5) is 12.5.